The van der Waals surface area contributed by atoms with Crippen molar-refractivity contribution in [2.45, 2.75) is 39.7 Å². The number of aromatic nitrogens is 3. The molecule has 138 valence electrons. The van der Waals surface area contributed by atoms with E-state index in [0.717, 1.165) is 42.2 Å². The zero-order valence-corrected chi connectivity index (χ0v) is 16.0. The predicted octanol–water partition coefficient (Wildman–Crippen LogP) is 1.89. The third-order valence-electron chi connectivity index (χ3n) is 5.09. The van der Waals surface area contributed by atoms with E-state index in [1.54, 1.807) is 0 Å². The molecule has 0 aromatic carbocycles. The van der Waals surface area contributed by atoms with Crippen molar-refractivity contribution in [1.82, 2.24) is 24.6 Å². The van der Waals surface area contributed by atoms with Gasteiger partial charge in [-0.3, -0.25) is 14.3 Å². The summed E-state index contributed by atoms with van der Waals surface area (Å²) < 4.78 is 1.96. The first-order valence-corrected chi connectivity index (χ1v) is 9.94. The first kappa shape index (κ1) is 17.2. The molecule has 1 saturated heterocycles. The van der Waals surface area contributed by atoms with Gasteiger partial charge in [0.05, 0.1) is 10.7 Å². The summed E-state index contributed by atoms with van der Waals surface area (Å²) in [6.07, 6.45) is 3.28. The molecular weight excluding hydrogens is 350 g/mol. The topological polar surface area (TPSA) is 71.3 Å². The molecule has 26 heavy (non-hydrogen) atoms. The van der Waals surface area contributed by atoms with Crippen LogP contribution in [-0.2, 0) is 13.0 Å². The largest absolute Gasteiger partial charge is 0.334 e. The molecule has 0 bridgehead atoms. The van der Waals surface area contributed by atoms with Crippen LogP contribution in [0.4, 0.5) is 0 Å². The summed E-state index contributed by atoms with van der Waals surface area (Å²) in [4.78, 5) is 34.1. The van der Waals surface area contributed by atoms with Crippen LogP contribution in [0.3, 0.4) is 0 Å². The van der Waals surface area contributed by atoms with Crippen molar-refractivity contribution < 1.29 is 9.59 Å². The number of nitrogens with zero attached hydrogens (tertiary/aromatic N) is 5. The van der Waals surface area contributed by atoms with Gasteiger partial charge in [0, 0.05) is 38.4 Å². The Kier molecular flexibility index (Phi) is 4.52. The molecule has 2 aromatic rings. The predicted molar refractivity (Wildman–Crippen MR) is 98.6 cm³/mol. The van der Waals surface area contributed by atoms with Crippen LogP contribution in [0.2, 0.25) is 0 Å². The second-order valence-corrected chi connectivity index (χ2v) is 8.14. The van der Waals surface area contributed by atoms with Crippen molar-refractivity contribution in [3.63, 3.8) is 0 Å². The molecule has 0 aliphatic carbocycles. The van der Waals surface area contributed by atoms with Gasteiger partial charge in [-0.15, -0.1) is 11.3 Å². The summed E-state index contributed by atoms with van der Waals surface area (Å²) in [6.45, 7) is 6.88. The highest BCUT2D eigenvalue weighted by molar-refractivity contribution is 7.13. The van der Waals surface area contributed by atoms with Crippen molar-refractivity contribution in [3.05, 3.63) is 33.0 Å². The van der Waals surface area contributed by atoms with Crippen molar-refractivity contribution in [2.24, 2.45) is 0 Å². The molecule has 7 nitrogen and oxygen atoms in total. The summed E-state index contributed by atoms with van der Waals surface area (Å²) in [5.41, 5.74) is 2.49. The summed E-state index contributed by atoms with van der Waals surface area (Å²) in [7, 11) is 0. The lowest BCUT2D eigenvalue weighted by Gasteiger charge is -2.34. The van der Waals surface area contributed by atoms with Crippen LogP contribution in [0.5, 0.6) is 0 Å². The Hall–Kier alpha value is -2.22. The first-order valence-electron chi connectivity index (χ1n) is 9.12. The smallest absolute Gasteiger partial charge is 0.274 e. The summed E-state index contributed by atoms with van der Waals surface area (Å²) in [5, 5.41) is 5.39. The second kappa shape index (κ2) is 6.83. The summed E-state index contributed by atoms with van der Waals surface area (Å²) in [6, 6.07) is 1.93. The van der Waals surface area contributed by atoms with Gasteiger partial charge in [0.15, 0.2) is 5.69 Å². The van der Waals surface area contributed by atoms with E-state index in [2.05, 4.69) is 10.1 Å². The fraction of sp³-hybridized carbons (Fsp3) is 0.556. The molecule has 0 radical (unpaired) electrons. The standard InChI is InChI=1S/C18H23N5O2S/c1-12-16(26-13(2)19-12)18(25)22-9-7-21(8-10-22)17(24)15-11-14-5-3-4-6-23(14)20-15/h11H,3-10H2,1-2H3. The normalized spacial score (nSPS) is 17.3. The van der Waals surface area contributed by atoms with Gasteiger partial charge < -0.3 is 9.80 Å². The molecule has 0 atom stereocenters. The molecule has 0 spiro atoms. The van der Waals surface area contributed by atoms with Crippen molar-refractivity contribution in [3.8, 4) is 0 Å². The fourth-order valence-corrected chi connectivity index (χ4v) is 4.56. The van der Waals surface area contributed by atoms with E-state index >= 15 is 0 Å². The van der Waals surface area contributed by atoms with Gasteiger partial charge in [0.1, 0.15) is 4.88 Å². The molecule has 2 aromatic heterocycles. The van der Waals surface area contributed by atoms with E-state index in [9.17, 15) is 9.59 Å². The fourth-order valence-electron chi connectivity index (χ4n) is 3.67. The molecule has 0 unspecified atom stereocenters. The first-order chi connectivity index (χ1) is 12.5. The lowest BCUT2D eigenvalue weighted by molar-refractivity contribution is 0.0534. The molecule has 2 amide bonds. The van der Waals surface area contributed by atoms with Gasteiger partial charge >= 0.3 is 0 Å². The van der Waals surface area contributed by atoms with E-state index in [1.165, 1.54) is 11.3 Å². The molecule has 4 rings (SSSR count). The zero-order valence-electron chi connectivity index (χ0n) is 15.2. The second-order valence-electron chi connectivity index (χ2n) is 6.93. The lowest BCUT2D eigenvalue weighted by atomic mass is 10.1. The monoisotopic (exact) mass is 373 g/mol. The maximum absolute atomic E-state index is 12.8. The van der Waals surface area contributed by atoms with Crippen molar-refractivity contribution in [2.75, 3.05) is 26.2 Å². The minimum absolute atomic E-state index is 0.0242. The van der Waals surface area contributed by atoms with Crippen LogP contribution in [0, 0.1) is 13.8 Å². The Balaban J connectivity index is 1.40. The number of aryl methyl sites for hydroxylation is 4. The molecule has 0 N–H and O–H groups in total. The van der Waals surface area contributed by atoms with Crippen LogP contribution >= 0.6 is 11.3 Å². The van der Waals surface area contributed by atoms with Gasteiger partial charge in [0.25, 0.3) is 11.8 Å². The van der Waals surface area contributed by atoms with E-state index in [1.807, 2.05) is 34.4 Å². The Bertz CT molecular complexity index is 824. The molecule has 2 aliphatic rings. The molecule has 2 aliphatic heterocycles. The maximum Gasteiger partial charge on any atom is 0.274 e. The van der Waals surface area contributed by atoms with Gasteiger partial charge in [-0.1, -0.05) is 0 Å². The van der Waals surface area contributed by atoms with Gasteiger partial charge in [-0.25, -0.2) is 4.98 Å². The average Bonchev–Trinajstić information content (AvgIpc) is 3.23. The lowest BCUT2D eigenvalue weighted by Crippen LogP contribution is -2.50. The third kappa shape index (κ3) is 3.13. The molecule has 1 fully saturated rings. The average molecular weight is 373 g/mol. The number of carbonyl (C=O) groups is 2. The maximum atomic E-state index is 12.8. The van der Waals surface area contributed by atoms with Gasteiger partial charge in [-0.2, -0.15) is 5.10 Å². The number of carbonyl (C=O) groups excluding carboxylic acids is 2. The quantitative estimate of drug-likeness (QED) is 0.806. The Labute approximate surface area is 156 Å². The zero-order chi connectivity index (χ0) is 18.3. The molecule has 4 heterocycles. The number of thiazole rings is 1. The third-order valence-corrected chi connectivity index (χ3v) is 6.15. The highest BCUT2D eigenvalue weighted by Crippen LogP contribution is 2.21. The Morgan fingerprint density at radius 3 is 2.31 bits per heavy atom. The minimum atomic E-state index is -0.0242. The van der Waals surface area contributed by atoms with Crippen LogP contribution in [0.15, 0.2) is 6.07 Å². The van der Waals surface area contributed by atoms with Crippen LogP contribution in [0.1, 0.15) is 49.4 Å². The number of fused-ring (bicyclic) bond motifs is 1. The highest BCUT2D eigenvalue weighted by Gasteiger charge is 2.29. The Morgan fingerprint density at radius 2 is 1.69 bits per heavy atom. The number of amides is 2. The molecule has 8 heteroatoms. The van der Waals surface area contributed by atoms with E-state index in [4.69, 9.17) is 0 Å². The van der Waals surface area contributed by atoms with E-state index in [0.29, 0.717) is 36.8 Å². The van der Waals surface area contributed by atoms with Crippen LogP contribution in [-0.4, -0.2) is 62.6 Å². The number of piperazine rings is 1. The van der Waals surface area contributed by atoms with Crippen LogP contribution < -0.4 is 0 Å². The van der Waals surface area contributed by atoms with Crippen molar-refractivity contribution >= 4 is 23.2 Å². The molecule has 0 saturated carbocycles. The number of hydrogen-bond acceptors (Lipinski definition) is 5. The highest BCUT2D eigenvalue weighted by atomic mass is 32.1. The SMILES string of the molecule is Cc1nc(C)c(C(=O)N2CCN(C(=O)c3cc4n(n3)CCCC4)CC2)s1. The Morgan fingerprint density at radius 1 is 1.00 bits per heavy atom. The van der Waals surface area contributed by atoms with E-state index in [-0.39, 0.29) is 11.8 Å². The number of hydrogen-bond donors (Lipinski definition) is 0. The number of rotatable bonds is 2. The van der Waals surface area contributed by atoms with Gasteiger partial charge in [-0.05, 0) is 39.2 Å². The van der Waals surface area contributed by atoms with Crippen molar-refractivity contribution in [1.29, 1.82) is 0 Å². The van der Waals surface area contributed by atoms with Crippen LogP contribution in [0.25, 0.3) is 0 Å². The summed E-state index contributed by atoms with van der Waals surface area (Å²) >= 11 is 1.44. The van der Waals surface area contributed by atoms with Gasteiger partial charge in [0.2, 0.25) is 0 Å². The molecular formula is C18H23N5O2S. The van der Waals surface area contributed by atoms with E-state index < -0.39 is 0 Å². The minimum Gasteiger partial charge on any atom is -0.334 e. The summed E-state index contributed by atoms with van der Waals surface area (Å²) in [5.74, 6) is 0.00136.